The normalized spacial score (nSPS) is 11.0. The Morgan fingerprint density at radius 3 is 2.32 bits per heavy atom. The van der Waals surface area contributed by atoms with E-state index >= 15 is 0 Å². The van der Waals surface area contributed by atoms with Crippen LogP contribution in [0.2, 0.25) is 0 Å². The van der Waals surface area contributed by atoms with E-state index in [1.54, 1.807) is 30.3 Å². The Labute approximate surface area is 115 Å². The molecule has 2 aromatic carbocycles. The monoisotopic (exact) mass is 296 g/mol. The van der Waals surface area contributed by atoms with E-state index in [0.29, 0.717) is 5.75 Å². The Kier molecular flexibility index (Phi) is 3.87. The predicted molar refractivity (Wildman–Crippen MR) is 70.9 cm³/mol. The van der Waals surface area contributed by atoms with E-state index in [9.17, 15) is 13.2 Å². The van der Waals surface area contributed by atoms with E-state index in [1.807, 2.05) is 0 Å². The van der Waals surface area contributed by atoms with Crippen LogP contribution in [0.1, 0.15) is 10.4 Å². The summed E-state index contributed by atoms with van der Waals surface area (Å²) in [5, 5.41) is 0. The number of esters is 1. The van der Waals surface area contributed by atoms with Gasteiger partial charge in [-0.3, -0.25) is 0 Å². The van der Waals surface area contributed by atoms with Crippen LogP contribution in [0.4, 0.5) is 0 Å². The zero-order chi connectivity index (χ0) is 13.9. The van der Waals surface area contributed by atoms with E-state index in [0.717, 1.165) is 0 Å². The largest absolute Gasteiger partial charge is 0.423 e. The third-order valence-corrected chi connectivity index (χ3v) is 3.66. The van der Waals surface area contributed by atoms with Crippen molar-refractivity contribution in [1.29, 1.82) is 0 Å². The molecule has 0 heterocycles. The highest BCUT2D eigenvalue weighted by Gasteiger charge is 2.14. The van der Waals surface area contributed by atoms with Crippen molar-refractivity contribution in [1.82, 2.24) is 0 Å². The number of carbonyl (C=O) groups excluding carboxylic acids is 1. The Balaban J connectivity index is 2.25. The molecule has 0 unspecified atom stereocenters. The second-order valence-electron chi connectivity index (χ2n) is 3.67. The first-order chi connectivity index (χ1) is 8.97. The summed E-state index contributed by atoms with van der Waals surface area (Å²) in [5.41, 5.74) is 0.116. The maximum atomic E-state index is 11.8. The molecule has 4 nitrogen and oxygen atoms in total. The molecule has 19 heavy (non-hydrogen) atoms. The molecule has 0 N–H and O–H groups in total. The standard InChI is InChI=1S/C13H9ClO4S/c14-19(16,17)12-8-4-5-10(9-12)13(15)18-11-6-2-1-3-7-11/h1-9H. The lowest BCUT2D eigenvalue weighted by molar-refractivity contribution is 0.0734. The van der Waals surface area contributed by atoms with Crippen molar-refractivity contribution < 1.29 is 17.9 Å². The van der Waals surface area contributed by atoms with Gasteiger partial charge in [0.15, 0.2) is 0 Å². The highest BCUT2D eigenvalue weighted by molar-refractivity contribution is 8.13. The quantitative estimate of drug-likeness (QED) is 0.496. The summed E-state index contributed by atoms with van der Waals surface area (Å²) >= 11 is 0. The summed E-state index contributed by atoms with van der Waals surface area (Å²) in [6.07, 6.45) is 0. The smallest absolute Gasteiger partial charge is 0.343 e. The number of hydrogen-bond donors (Lipinski definition) is 0. The molecule has 0 atom stereocenters. The van der Waals surface area contributed by atoms with E-state index < -0.39 is 15.0 Å². The van der Waals surface area contributed by atoms with Crippen molar-refractivity contribution in [3.05, 3.63) is 60.2 Å². The van der Waals surface area contributed by atoms with Crippen molar-refractivity contribution in [2.75, 3.05) is 0 Å². The van der Waals surface area contributed by atoms with Gasteiger partial charge in [-0.25, -0.2) is 13.2 Å². The van der Waals surface area contributed by atoms with Gasteiger partial charge in [-0.05, 0) is 30.3 Å². The molecule has 98 valence electrons. The van der Waals surface area contributed by atoms with Crippen LogP contribution in [0.25, 0.3) is 0 Å². The minimum atomic E-state index is -3.87. The SMILES string of the molecule is O=C(Oc1ccccc1)c1cccc(S(=O)(=O)Cl)c1. The van der Waals surface area contributed by atoms with Gasteiger partial charge in [-0.2, -0.15) is 0 Å². The molecule has 0 aliphatic carbocycles. The average molecular weight is 297 g/mol. The van der Waals surface area contributed by atoms with Gasteiger partial charge in [0, 0.05) is 10.7 Å². The van der Waals surface area contributed by atoms with Crippen molar-refractivity contribution in [2.45, 2.75) is 4.90 Å². The lowest BCUT2D eigenvalue weighted by atomic mass is 10.2. The van der Waals surface area contributed by atoms with Crippen molar-refractivity contribution in [2.24, 2.45) is 0 Å². The number of halogens is 1. The number of ether oxygens (including phenoxy) is 1. The second kappa shape index (κ2) is 5.42. The molecular formula is C13H9ClO4S. The van der Waals surface area contributed by atoms with Crippen LogP contribution < -0.4 is 4.74 Å². The first-order valence-corrected chi connectivity index (χ1v) is 7.60. The van der Waals surface area contributed by atoms with Crippen LogP contribution in [0.3, 0.4) is 0 Å². The Hall–Kier alpha value is -1.85. The molecular weight excluding hydrogens is 288 g/mol. The highest BCUT2D eigenvalue weighted by atomic mass is 35.7. The minimum absolute atomic E-state index is 0.116. The van der Waals surface area contributed by atoms with E-state index in [2.05, 4.69) is 0 Å². The summed E-state index contributed by atoms with van der Waals surface area (Å²) in [7, 11) is 1.35. The maximum Gasteiger partial charge on any atom is 0.343 e. The van der Waals surface area contributed by atoms with Crippen LogP contribution in [0, 0.1) is 0 Å². The maximum absolute atomic E-state index is 11.8. The third kappa shape index (κ3) is 3.56. The molecule has 6 heteroatoms. The first-order valence-electron chi connectivity index (χ1n) is 5.29. The zero-order valence-corrected chi connectivity index (χ0v) is 11.2. The Morgan fingerprint density at radius 1 is 1.00 bits per heavy atom. The predicted octanol–water partition coefficient (Wildman–Crippen LogP) is 2.83. The summed E-state index contributed by atoms with van der Waals surface area (Å²) in [6, 6.07) is 13.9. The van der Waals surface area contributed by atoms with Crippen LogP contribution >= 0.6 is 10.7 Å². The van der Waals surface area contributed by atoms with Gasteiger partial charge in [0.1, 0.15) is 5.75 Å². The zero-order valence-electron chi connectivity index (χ0n) is 9.62. The van der Waals surface area contributed by atoms with Crippen LogP contribution in [0.15, 0.2) is 59.5 Å². The molecule has 2 rings (SSSR count). The van der Waals surface area contributed by atoms with Gasteiger partial charge >= 0.3 is 5.97 Å². The number of carbonyl (C=O) groups is 1. The summed E-state index contributed by atoms with van der Waals surface area (Å²) in [6.45, 7) is 0. The number of benzene rings is 2. The molecule has 0 bridgehead atoms. The van der Waals surface area contributed by atoms with Crippen LogP contribution in [-0.4, -0.2) is 14.4 Å². The molecule has 0 aromatic heterocycles. The van der Waals surface area contributed by atoms with Crippen LogP contribution in [0.5, 0.6) is 5.75 Å². The fourth-order valence-electron chi connectivity index (χ4n) is 1.43. The molecule has 0 spiro atoms. The first kappa shape index (κ1) is 13.6. The van der Waals surface area contributed by atoms with E-state index in [-0.39, 0.29) is 10.5 Å². The molecule has 0 aliphatic heterocycles. The highest BCUT2D eigenvalue weighted by Crippen LogP contribution is 2.18. The van der Waals surface area contributed by atoms with Gasteiger partial charge in [-0.15, -0.1) is 0 Å². The second-order valence-corrected chi connectivity index (χ2v) is 6.23. The van der Waals surface area contributed by atoms with Gasteiger partial charge in [-0.1, -0.05) is 24.3 Å². The Morgan fingerprint density at radius 2 is 1.68 bits per heavy atom. The minimum Gasteiger partial charge on any atom is -0.423 e. The van der Waals surface area contributed by atoms with Crippen molar-refractivity contribution >= 4 is 25.7 Å². The lowest BCUT2D eigenvalue weighted by Gasteiger charge is -2.04. The summed E-state index contributed by atoms with van der Waals surface area (Å²) in [4.78, 5) is 11.7. The van der Waals surface area contributed by atoms with Gasteiger partial charge in [0.25, 0.3) is 9.05 Å². The fraction of sp³-hybridized carbons (Fsp3) is 0. The lowest BCUT2D eigenvalue weighted by Crippen LogP contribution is -2.09. The number of rotatable bonds is 3. The van der Waals surface area contributed by atoms with Gasteiger partial charge in [0.2, 0.25) is 0 Å². The molecule has 0 aliphatic rings. The molecule has 0 saturated carbocycles. The van der Waals surface area contributed by atoms with E-state index in [1.165, 1.54) is 24.3 Å². The van der Waals surface area contributed by atoms with Gasteiger partial charge < -0.3 is 4.74 Å². The summed E-state index contributed by atoms with van der Waals surface area (Å²) in [5.74, 6) is -0.264. The summed E-state index contributed by atoms with van der Waals surface area (Å²) < 4.78 is 27.4. The molecule has 0 amide bonds. The number of hydrogen-bond acceptors (Lipinski definition) is 4. The topological polar surface area (TPSA) is 60.4 Å². The van der Waals surface area contributed by atoms with Crippen LogP contribution in [-0.2, 0) is 9.05 Å². The molecule has 2 aromatic rings. The molecule has 0 saturated heterocycles. The van der Waals surface area contributed by atoms with E-state index in [4.69, 9.17) is 15.4 Å². The average Bonchev–Trinajstić information content (AvgIpc) is 2.39. The molecule has 0 fully saturated rings. The van der Waals surface area contributed by atoms with Gasteiger partial charge in [0.05, 0.1) is 10.5 Å². The molecule has 0 radical (unpaired) electrons. The Bertz CT molecular complexity index is 696. The van der Waals surface area contributed by atoms with Crippen molar-refractivity contribution in [3.63, 3.8) is 0 Å². The number of para-hydroxylation sites is 1. The fourth-order valence-corrected chi connectivity index (χ4v) is 2.23. The van der Waals surface area contributed by atoms with Crippen molar-refractivity contribution in [3.8, 4) is 5.75 Å². The third-order valence-electron chi connectivity index (χ3n) is 2.31.